The molecule has 0 unspecified atom stereocenters. The van der Waals surface area contributed by atoms with E-state index in [1.165, 1.54) is 32.7 Å². The monoisotopic (exact) mass is 569 g/mol. The van der Waals surface area contributed by atoms with Crippen molar-refractivity contribution in [3.63, 3.8) is 0 Å². The van der Waals surface area contributed by atoms with Gasteiger partial charge >= 0.3 is 0 Å². The van der Waals surface area contributed by atoms with Crippen LogP contribution < -0.4 is 0 Å². The van der Waals surface area contributed by atoms with Crippen LogP contribution in [-0.4, -0.2) is 15.0 Å². The summed E-state index contributed by atoms with van der Waals surface area (Å²) in [5.74, 6) is 1.09. The molecule has 0 saturated carbocycles. The van der Waals surface area contributed by atoms with Gasteiger partial charge in [-0.25, -0.2) is 4.98 Å². The molecule has 0 radical (unpaired) electrons. The summed E-state index contributed by atoms with van der Waals surface area (Å²) in [5, 5.41) is 7.34. The van der Waals surface area contributed by atoms with Gasteiger partial charge in [0.1, 0.15) is 0 Å². The molecule has 4 heteroatoms. The van der Waals surface area contributed by atoms with Crippen LogP contribution >= 0.6 is 11.6 Å². The van der Waals surface area contributed by atoms with Crippen LogP contribution in [0.15, 0.2) is 146 Å². The van der Waals surface area contributed by atoms with Crippen molar-refractivity contribution < 1.29 is 0 Å². The Bertz CT molecular complexity index is 2300. The maximum absolute atomic E-state index is 6.45. The van der Waals surface area contributed by atoms with Crippen molar-refractivity contribution in [3.05, 3.63) is 151 Å². The predicted octanol–water partition coefficient (Wildman–Crippen LogP) is 10.7. The zero-order valence-corrected chi connectivity index (χ0v) is 23.8. The zero-order valence-electron chi connectivity index (χ0n) is 23.1. The summed E-state index contributed by atoms with van der Waals surface area (Å²) in [5.41, 5.74) is 6.45. The molecule has 0 amide bonds. The zero-order chi connectivity index (χ0) is 28.8. The van der Waals surface area contributed by atoms with Gasteiger partial charge in [-0.2, -0.15) is 9.97 Å². The van der Waals surface area contributed by atoms with Crippen LogP contribution in [0, 0.1) is 0 Å². The van der Waals surface area contributed by atoms with Gasteiger partial charge in [-0.15, -0.1) is 0 Å². The van der Waals surface area contributed by atoms with Crippen molar-refractivity contribution in [2.45, 2.75) is 0 Å². The van der Waals surface area contributed by atoms with Crippen LogP contribution in [0.2, 0.25) is 5.28 Å². The first-order chi connectivity index (χ1) is 21.2. The standard InChI is InChI=1S/C39H24ClN3/c40-39-42-37(29-17-15-28(16-18-29)36-11-5-9-27-7-3-4-10-35(27)36)41-38(43-39)33-21-14-26-13-20-32(23-34(26)24-33)31-19-12-25-6-1-2-8-30(25)22-31/h1-24H. The van der Waals surface area contributed by atoms with Crippen molar-refractivity contribution in [3.8, 4) is 45.0 Å². The van der Waals surface area contributed by atoms with Crippen LogP contribution in [0.3, 0.4) is 0 Å². The van der Waals surface area contributed by atoms with Crippen molar-refractivity contribution in [1.82, 2.24) is 15.0 Å². The van der Waals surface area contributed by atoms with E-state index in [0.717, 1.165) is 33.0 Å². The van der Waals surface area contributed by atoms with Crippen molar-refractivity contribution in [2.75, 3.05) is 0 Å². The Balaban J connectivity index is 1.14. The number of rotatable bonds is 4. The molecule has 0 N–H and O–H groups in total. The molecule has 7 aromatic carbocycles. The van der Waals surface area contributed by atoms with Crippen LogP contribution in [0.25, 0.3) is 77.3 Å². The average molecular weight is 570 g/mol. The van der Waals surface area contributed by atoms with Gasteiger partial charge in [0, 0.05) is 11.1 Å². The van der Waals surface area contributed by atoms with Crippen LogP contribution in [0.1, 0.15) is 0 Å². The van der Waals surface area contributed by atoms with Crippen molar-refractivity contribution in [2.24, 2.45) is 0 Å². The van der Waals surface area contributed by atoms with Gasteiger partial charge in [-0.1, -0.05) is 127 Å². The lowest BCUT2D eigenvalue weighted by Crippen LogP contribution is -1.97. The molecule has 0 fully saturated rings. The first-order valence-electron chi connectivity index (χ1n) is 14.2. The molecule has 8 rings (SSSR count). The lowest BCUT2D eigenvalue weighted by molar-refractivity contribution is 1.07. The van der Waals surface area contributed by atoms with Crippen molar-refractivity contribution in [1.29, 1.82) is 0 Å². The first-order valence-corrected chi connectivity index (χ1v) is 14.6. The molecule has 0 aliphatic rings. The van der Waals surface area contributed by atoms with Gasteiger partial charge in [0.05, 0.1) is 0 Å². The Labute approximate surface area is 254 Å². The molecule has 1 aromatic heterocycles. The average Bonchev–Trinajstić information content (AvgIpc) is 3.07. The second kappa shape index (κ2) is 10.5. The summed E-state index contributed by atoms with van der Waals surface area (Å²) in [6.07, 6.45) is 0. The van der Waals surface area contributed by atoms with E-state index in [4.69, 9.17) is 16.6 Å². The molecule has 202 valence electrons. The Hall–Kier alpha value is -5.38. The normalized spacial score (nSPS) is 11.4. The fraction of sp³-hybridized carbons (Fsp3) is 0. The number of halogens is 1. The molecule has 0 aliphatic heterocycles. The fourth-order valence-corrected chi connectivity index (χ4v) is 5.98. The maximum Gasteiger partial charge on any atom is 0.226 e. The van der Waals surface area contributed by atoms with Gasteiger partial charge in [0.15, 0.2) is 11.6 Å². The number of hydrogen-bond donors (Lipinski definition) is 0. The van der Waals surface area contributed by atoms with Crippen LogP contribution in [-0.2, 0) is 0 Å². The summed E-state index contributed by atoms with van der Waals surface area (Å²) in [6, 6.07) is 51.0. The smallest absolute Gasteiger partial charge is 0.208 e. The molecule has 0 atom stereocenters. The molecule has 1 heterocycles. The second-order valence-corrected chi connectivity index (χ2v) is 11.0. The molecular weight excluding hydrogens is 546 g/mol. The van der Waals surface area contributed by atoms with E-state index in [-0.39, 0.29) is 5.28 Å². The third-order valence-electron chi connectivity index (χ3n) is 8.03. The van der Waals surface area contributed by atoms with Gasteiger partial charge in [-0.3, -0.25) is 0 Å². The highest BCUT2D eigenvalue weighted by molar-refractivity contribution is 6.28. The molecule has 0 bridgehead atoms. The van der Waals surface area contributed by atoms with E-state index in [0.29, 0.717) is 11.6 Å². The summed E-state index contributed by atoms with van der Waals surface area (Å²) in [7, 11) is 0. The SMILES string of the molecule is Clc1nc(-c2ccc(-c3cccc4ccccc34)cc2)nc(-c2ccc3ccc(-c4ccc5ccccc5c4)cc3c2)n1. The minimum atomic E-state index is 0.170. The van der Waals surface area contributed by atoms with E-state index in [1.807, 2.05) is 18.2 Å². The lowest BCUT2D eigenvalue weighted by Gasteiger charge is -2.10. The van der Waals surface area contributed by atoms with E-state index >= 15 is 0 Å². The summed E-state index contributed by atoms with van der Waals surface area (Å²) >= 11 is 6.45. The van der Waals surface area contributed by atoms with E-state index in [9.17, 15) is 0 Å². The van der Waals surface area contributed by atoms with E-state index < -0.39 is 0 Å². The highest BCUT2D eigenvalue weighted by atomic mass is 35.5. The number of hydrogen-bond acceptors (Lipinski definition) is 3. The predicted molar refractivity (Wildman–Crippen MR) is 179 cm³/mol. The number of nitrogens with zero attached hydrogens (tertiary/aromatic N) is 3. The summed E-state index contributed by atoms with van der Waals surface area (Å²) in [4.78, 5) is 13.8. The Morgan fingerprint density at radius 2 is 0.860 bits per heavy atom. The van der Waals surface area contributed by atoms with Gasteiger partial charge in [0.25, 0.3) is 0 Å². The molecular formula is C39H24ClN3. The third kappa shape index (κ3) is 4.80. The largest absolute Gasteiger partial charge is 0.226 e. The first kappa shape index (κ1) is 25.3. The topological polar surface area (TPSA) is 38.7 Å². The second-order valence-electron chi connectivity index (χ2n) is 10.7. The van der Waals surface area contributed by atoms with Crippen LogP contribution in [0.5, 0.6) is 0 Å². The quantitative estimate of drug-likeness (QED) is 0.211. The van der Waals surface area contributed by atoms with Crippen molar-refractivity contribution >= 4 is 43.9 Å². The summed E-state index contributed by atoms with van der Waals surface area (Å²) in [6.45, 7) is 0. The minimum Gasteiger partial charge on any atom is -0.208 e. The number of fused-ring (bicyclic) bond motifs is 3. The molecule has 0 aliphatic carbocycles. The van der Waals surface area contributed by atoms with E-state index in [1.54, 1.807) is 0 Å². The molecule has 43 heavy (non-hydrogen) atoms. The molecule has 3 nitrogen and oxygen atoms in total. The van der Waals surface area contributed by atoms with Gasteiger partial charge < -0.3 is 0 Å². The van der Waals surface area contributed by atoms with Gasteiger partial charge in [-0.05, 0) is 84.4 Å². The fourth-order valence-electron chi connectivity index (χ4n) is 5.82. The molecule has 0 saturated heterocycles. The molecule has 0 spiro atoms. The highest BCUT2D eigenvalue weighted by Crippen LogP contribution is 2.32. The maximum atomic E-state index is 6.45. The van der Waals surface area contributed by atoms with E-state index in [2.05, 4.69) is 137 Å². The Kier molecular flexibility index (Phi) is 6.17. The highest BCUT2D eigenvalue weighted by Gasteiger charge is 2.12. The minimum absolute atomic E-state index is 0.170. The number of aromatic nitrogens is 3. The van der Waals surface area contributed by atoms with Crippen LogP contribution in [0.4, 0.5) is 0 Å². The Morgan fingerprint density at radius 1 is 0.349 bits per heavy atom. The summed E-state index contributed by atoms with van der Waals surface area (Å²) < 4.78 is 0. The molecule has 8 aromatic rings. The number of benzene rings is 7. The third-order valence-corrected chi connectivity index (χ3v) is 8.20. The Morgan fingerprint density at radius 3 is 1.63 bits per heavy atom. The van der Waals surface area contributed by atoms with Gasteiger partial charge in [0.2, 0.25) is 5.28 Å². The lowest BCUT2D eigenvalue weighted by atomic mass is 9.97.